The molecule has 244 valence electrons. The molecule has 1 N–H and O–H groups in total. The molecule has 0 saturated carbocycles. The zero-order valence-corrected chi connectivity index (χ0v) is 28.1. The van der Waals surface area contributed by atoms with E-state index in [2.05, 4.69) is 20.8 Å². The number of carboxylic acids is 1. The van der Waals surface area contributed by atoms with Crippen LogP contribution in [0.3, 0.4) is 0 Å². The van der Waals surface area contributed by atoms with E-state index in [1.54, 1.807) is 7.11 Å². The molecule has 41 heavy (non-hydrogen) atoms. The molecule has 6 nitrogen and oxygen atoms in total. The molecule has 0 aliphatic heterocycles. The lowest BCUT2D eigenvalue weighted by Crippen LogP contribution is -2.30. The molecule has 0 aromatic rings. The Morgan fingerprint density at radius 2 is 1.29 bits per heavy atom. The van der Waals surface area contributed by atoms with Gasteiger partial charge in [0.2, 0.25) is 0 Å². The number of carbonyl (C=O) groups excluding carboxylic acids is 1. The average molecular weight is 585 g/mol. The van der Waals surface area contributed by atoms with E-state index in [4.69, 9.17) is 19.3 Å². The number of unbranched alkanes of at least 4 members (excludes halogenated alkanes) is 10. The molecule has 0 rings (SSSR count). The molecule has 0 aliphatic carbocycles. The second-order valence-corrected chi connectivity index (χ2v) is 13.4. The number of methoxy groups -OCH3 is 1. The number of hydrogen-bond acceptors (Lipinski definition) is 5. The van der Waals surface area contributed by atoms with Crippen LogP contribution >= 0.6 is 0 Å². The van der Waals surface area contributed by atoms with Crippen molar-refractivity contribution < 1.29 is 28.9 Å². The number of ether oxygens (including phenoxy) is 3. The summed E-state index contributed by atoms with van der Waals surface area (Å²) in [6, 6.07) is 0. The van der Waals surface area contributed by atoms with Gasteiger partial charge in [-0.25, -0.2) is 0 Å². The van der Waals surface area contributed by atoms with Gasteiger partial charge in [-0.2, -0.15) is 0 Å². The Balaban J connectivity index is 4.28. The summed E-state index contributed by atoms with van der Waals surface area (Å²) in [4.78, 5) is 23.2. The second kappa shape index (κ2) is 25.5. The molecule has 0 aromatic heterocycles. The van der Waals surface area contributed by atoms with Crippen LogP contribution in [0.2, 0.25) is 0 Å². The van der Waals surface area contributed by atoms with Gasteiger partial charge in [-0.05, 0) is 57.3 Å². The lowest BCUT2D eigenvalue weighted by Gasteiger charge is -2.28. The maximum absolute atomic E-state index is 12.3. The third-order valence-corrected chi connectivity index (χ3v) is 8.20. The molecule has 0 heterocycles. The van der Waals surface area contributed by atoms with E-state index in [0.717, 1.165) is 38.5 Å². The summed E-state index contributed by atoms with van der Waals surface area (Å²) in [5, 5.41) is 9.00. The van der Waals surface area contributed by atoms with Gasteiger partial charge in [0.05, 0.1) is 37.9 Å². The van der Waals surface area contributed by atoms with Gasteiger partial charge in [-0.15, -0.1) is 0 Å². The minimum Gasteiger partial charge on any atom is -0.481 e. The van der Waals surface area contributed by atoms with E-state index in [1.807, 2.05) is 20.8 Å². The van der Waals surface area contributed by atoms with Gasteiger partial charge in [0, 0.05) is 20.0 Å². The Bertz CT molecular complexity index is 634. The topological polar surface area (TPSA) is 82.1 Å². The van der Waals surface area contributed by atoms with Crippen LogP contribution in [0, 0.1) is 11.3 Å². The SMILES string of the molecule is CCCCCCCCC(C)C(CCCCCCCC(=O)CCCCC(C)(C)CC(=O)O)OC(C)COC(C)COC. The summed E-state index contributed by atoms with van der Waals surface area (Å²) in [5.41, 5.74) is -0.195. The van der Waals surface area contributed by atoms with Crippen molar-refractivity contribution in [3.63, 3.8) is 0 Å². The van der Waals surface area contributed by atoms with E-state index in [-0.39, 0.29) is 30.1 Å². The second-order valence-electron chi connectivity index (χ2n) is 13.4. The van der Waals surface area contributed by atoms with Crippen LogP contribution in [0.5, 0.6) is 0 Å². The molecule has 0 fully saturated rings. The summed E-state index contributed by atoms with van der Waals surface area (Å²) in [5.74, 6) is 0.158. The van der Waals surface area contributed by atoms with Crippen LogP contribution < -0.4 is 0 Å². The first-order valence-corrected chi connectivity index (χ1v) is 17.0. The minimum atomic E-state index is -0.746. The Morgan fingerprint density at radius 3 is 1.90 bits per heavy atom. The number of carbonyl (C=O) groups is 2. The third kappa shape index (κ3) is 25.3. The maximum Gasteiger partial charge on any atom is 0.303 e. The fourth-order valence-electron chi connectivity index (χ4n) is 5.59. The van der Waals surface area contributed by atoms with Crippen molar-refractivity contribution in [2.45, 2.75) is 182 Å². The summed E-state index contributed by atoms with van der Waals surface area (Å²) in [7, 11) is 1.70. The Labute approximate surface area is 254 Å². The van der Waals surface area contributed by atoms with Crippen LogP contribution in [0.4, 0.5) is 0 Å². The number of Topliss-reactive ketones (excluding diaryl/α,β-unsaturated/α-hetero) is 1. The third-order valence-electron chi connectivity index (χ3n) is 8.20. The van der Waals surface area contributed by atoms with Crippen LogP contribution in [-0.2, 0) is 23.8 Å². The molecule has 6 heteroatoms. The van der Waals surface area contributed by atoms with Crippen LogP contribution in [0.1, 0.15) is 164 Å². The van der Waals surface area contributed by atoms with E-state index in [1.165, 1.54) is 64.2 Å². The molecule has 4 unspecified atom stereocenters. The van der Waals surface area contributed by atoms with Crippen LogP contribution in [0.25, 0.3) is 0 Å². The highest BCUT2D eigenvalue weighted by Crippen LogP contribution is 2.28. The van der Waals surface area contributed by atoms with Gasteiger partial charge in [0.1, 0.15) is 5.78 Å². The van der Waals surface area contributed by atoms with Crippen molar-refractivity contribution in [2.75, 3.05) is 20.3 Å². The van der Waals surface area contributed by atoms with Gasteiger partial charge in [-0.3, -0.25) is 9.59 Å². The molecule has 0 amide bonds. The van der Waals surface area contributed by atoms with Crippen molar-refractivity contribution in [2.24, 2.45) is 11.3 Å². The first-order chi connectivity index (χ1) is 19.5. The predicted molar refractivity (Wildman–Crippen MR) is 171 cm³/mol. The molecule has 0 saturated heterocycles. The summed E-state index contributed by atoms with van der Waals surface area (Å²) in [6.07, 6.45) is 20.4. The zero-order valence-electron chi connectivity index (χ0n) is 28.1. The number of aliphatic carboxylic acids is 1. The maximum atomic E-state index is 12.3. The van der Waals surface area contributed by atoms with E-state index >= 15 is 0 Å². The monoisotopic (exact) mass is 585 g/mol. The Morgan fingerprint density at radius 1 is 0.732 bits per heavy atom. The largest absolute Gasteiger partial charge is 0.481 e. The van der Waals surface area contributed by atoms with Crippen molar-refractivity contribution in [3.05, 3.63) is 0 Å². The molecule has 0 radical (unpaired) electrons. The van der Waals surface area contributed by atoms with E-state index in [0.29, 0.717) is 37.8 Å². The zero-order chi connectivity index (χ0) is 30.9. The van der Waals surface area contributed by atoms with E-state index < -0.39 is 5.97 Å². The van der Waals surface area contributed by atoms with Crippen LogP contribution in [0.15, 0.2) is 0 Å². The van der Waals surface area contributed by atoms with Crippen molar-refractivity contribution in [1.29, 1.82) is 0 Å². The van der Waals surface area contributed by atoms with Crippen molar-refractivity contribution in [1.82, 2.24) is 0 Å². The van der Waals surface area contributed by atoms with Crippen molar-refractivity contribution >= 4 is 11.8 Å². The number of ketones is 1. The molecule has 0 aliphatic rings. The Hall–Kier alpha value is -0.980. The fourth-order valence-corrected chi connectivity index (χ4v) is 5.59. The molecule has 0 spiro atoms. The minimum absolute atomic E-state index is 0.0700. The average Bonchev–Trinajstić information content (AvgIpc) is 2.90. The highest BCUT2D eigenvalue weighted by Gasteiger charge is 2.22. The lowest BCUT2D eigenvalue weighted by atomic mass is 9.83. The van der Waals surface area contributed by atoms with Gasteiger partial charge >= 0.3 is 5.97 Å². The molecule has 0 bridgehead atoms. The summed E-state index contributed by atoms with van der Waals surface area (Å²) >= 11 is 0. The van der Waals surface area contributed by atoms with Gasteiger partial charge in [0.15, 0.2) is 0 Å². The Kier molecular flexibility index (Phi) is 24.9. The highest BCUT2D eigenvalue weighted by atomic mass is 16.6. The van der Waals surface area contributed by atoms with Gasteiger partial charge in [-0.1, -0.05) is 98.3 Å². The first kappa shape index (κ1) is 40.0. The highest BCUT2D eigenvalue weighted by molar-refractivity contribution is 5.78. The summed E-state index contributed by atoms with van der Waals surface area (Å²) in [6.45, 7) is 14.0. The quantitative estimate of drug-likeness (QED) is 0.0847. The van der Waals surface area contributed by atoms with Gasteiger partial charge in [0.25, 0.3) is 0 Å². The molecular formula is C35H68O6. The molecule has 4 atom stereocenters. The summed E-state index contributed by atoms with van der Waals surface area (Å²) < 4.78 is 17.6. The molecular weight excluding hydrogens is 516 g/mol. The smallest absolute Gasteiger partial charge is 0.303 e. The standard InChI is InChI=1S/C35H68O6/c1-8-9-10-11-13-16-21-29(2)33(41-31(4)28-40-30(3)27-39-7)24-18-15-12-14-17-22-32(36)23-19-20-25-35(5,6)26-34(37)38/h29-31,33H,8-28H2,1-7H3,(H,37,38). The number of hydrogen-bond donors (Lipinski definition) is 1. The number of carboxylic acid groups (broad SMARTS) is 1. The number of rotatable bonds is 30. The first-order valence-electron chi connectivity index (χ1n) is 17.0. The van der Waals surface area contributed by atoms with Crippen molar-refractivity contribution in [3.8, 4) is 0 Å². The normalized spacial score (nSPS) is 15.0. The van der Waals surface area contributed by atoms with Gasteiger partial charge < -0.3 is 19.3 Å². The fraction of sp³-hybridized carbons (Fsp3) is 0.943. The molecule has 0 aromatic carbocycles. The predicted octanol–water partition coefficient (Wildman–Crippen LogP) is 9.56. The van der Waals surface area contributed by atoms with Crippen LogP contribution in [-0.4, -0.2) is 55.5 Å². The lowest BCUT2D eigenvalue weighted by molar-refractivity contribution is -0.139. The van der Waals surface area contributed by atoms with E-state index in [9.17, 15) is 9.59 Å².